The van der Waals surface area contributed by atoms with E-state index in [4.69, 9.17) is 11.1 Å². The zero-order chi connectivity index (χ0) is 9.14. The van der Waals surface area contributed by atoms with Gasteiger partial charge in [0.25, 0.3) is 0 Å². The maximum absolute atomic E-state index is 7.33. The van der Waals surface area contributed by atoms with Crippen molar-refractivity contribution in [3.63, 3.8) is 0 Å². The summed E-state index contributed by atoms with van der Waals surface area (Å²) in [5.74, 6) is 0.186. The molecule has 4 nitrogen and oxygen atoms in total. The molecule has 1 aliphatic heterocycles. The Morgan fingerprint density at radius 3 is 2.83 bits per heavy atom. The highest BCUT2D eigenvalue weighted by Crippen LogP contribution is 2.14. The van der Waals surface area contributed by atoms with Crippen LogP contribution in [-0.2, 0) is 0 Å². The Morgan fingerprint density at radius 2 is 2.33 bits per heavy atom. The molecule has 12 heavy (non-hydrogen) atoms. The summed E-state index contributed by atoms with van der Waals surface area (Å²) in [5, 5.41) is 10.7. The van der Waals surface area contributed by atoms with Crippen LogP contribution in [-0.4, -0.2) is 29.6 Å². The van der Waals surface area contributed by atoms with Crippen molar-refractivity contribution in [1.29, 1.82) is 5.41 Å². The molecule has 1 aliphatic rings. The first-order chi connectivity index (χ1) is 5.61. The van der Waals surface area contributed by atoms with Crippen molar-refractivity contribution >= 4 is 5.96 Å². The van der Waals surface area contributed by atoms with Gasteiger partial charge in [-0.1, -0.05) is 0 Å². The number of likely N-dealkylation sites (tertiary alicyclic amines) is 1. The Kier molecular flexibility index (Phi) is 2.92. The summed E-state index contributed by atoms with van der Waals surface area (Å²) < 4.78 is 0. The monoisotopic (exact) mass is 170 g/mol. The lowest BCUT2D eigenvalue weighted by Crippen LogP contribution is -2.49. The number of nitrogens with zero attached hydrogens (tertiary/aromatic N) is 1. The van der Waals surface area contributed by atoms with Crippen molar-refractivity contribution in [2.45, 2.75) is 38.9 Å². The van der Waals surface area contributed by atoms with Gasteiger partial charge >= 0.3 is 0 Å². The van der Waals surface area contributed by atoms with Crippen molar-refractivity contribution in [2.24, 2.45) is 5.73 Å². The predicted octanol–water partition coefficient (Wildman–Crippen LogP) is 0.300. The number of nitrogens with one attached hydrogen (secondary N) is 2. The molecular weight excluding hydrogens is 152 g/mol. The summed E-state index contributed by atoms with van der Waals surface area (Å²) in [7, 11) is 0. The number of guanidine groups is 1. The molecular formula is C8H18N4. The van der Waals surface area contributed by atoms with Gasteiger partial charge in [0, 0.05) is 12.6 Å². The molecule has 1 unspecified atom stereocenters. The second-order valence-corrected chi connectivity index (χ2v) is 3.56. The maximum Gasteiger partial charge on any atom is 0.189 e. The van der Waals surface area contributed by atoms with E-state index in [-0.39, 0.29) is 12.1 Å². The van der Waals surface area contributed by atoms with E-state index in [0.717, 1.165) is 19.4 Å². The third-order valence-electron chi connectivity index (χ3n) is 2.09. The van der Waals surface area contributed by atoms with Crippen molar-refractivity contribution < 1.29 is 0 Å². The quantitative estimate of drug-likeness (QED) is 0.412. The lowest BCUT2D eigenvalue weighted by molar-refractivity contribution is 0.303. The molecule has 1 atom stereocenters. The van der Waals surface area contributed by atoms with Gasteiger partial charge in [0.2, 0.25) is 0 Å². The highest BCUT2D eigenvalue weighted by molar-refractivity contribution is 5.75. The van der Waals surface area contributed by atoms with Gasteiger partial charge in [-0.15, -0.1) is 0 Å². The molecule has 0 bridgehead atoms. The normalized spacial score (nSPS) is 23.6. The summed E-state index contributed by atoms with van der Waals surface area (Å²) in [6.45, 7) is 5.13. The summed E-state index contributed by atoms with van der Waals surface area (Å²) in [4.78, 5) is 1.92. The van der Waals surface area contributed by atoms with Crippen LogP contribution in [0.3, 0.4) is 0 Å². The van der Waals surface area contributed by atoms with Crippen molar-refractivity contribution in [3.8, 4) is 0 Å². The van der Waals surface area contributed by atoms with Crippen molar-refractivity contribution in [1.82, 2.24) is 10.2 Å². The minimum atomic E-state index is 0.186. The van der Waals surface area contributed by atoms with Crippen LogP contribution in [0.4, 0.5) is 0 Å². The van der Waals surface area contributed by atoms with Gasteiger partial charge in [-0.3, -0.25) is 10.7 Å². The molecule has 0 aliphatic carbocycles. The van der Waals surface area contributed by atoms with Crippen molar-refractivity contribution in [2.75, 3.05) is 6.54 Å². The van der Waals surface area contributed by atoms with E-state index in [2.05, 4.69) is 19.2 Å². The van der Waals surface area contributed by atoms with E-state index >= 15 is 0 Å². The predicted molar refractivity (Wildman–Crippen MR) is 49.9 cm³/mol. The minimum Gasteiger partial charge on any atom is -0.370 e. The zero-order valence-electron chi connectivity index (χ0n) is 7.80. The first-order valence-corrected chi connectivity index (χ1v) is 4.48. The van der Waals surface area contributed by atoms with E-state index in [9.17, 15) is 0 Å². The Balaban J connectivity index is 2.46. The standard InChI is InChI=1S/C8H18N4/c1-6(2)11-7-4-3-5-12(7)8(9)10/h6-7,11H,3-5H2,1-2H3,(H3,9,10). The van der Waals surface area contributed by atoms with Gasteiger partial charge in [0.1, 0.15) is 0 Å². The van der Waals surface area contributed by atoms with Gasteiger partial charge in [-0.25, -0.2) is 0 Å². The molecule has 1 heterocycles. The second-order valence-electron chi connectivity index (χ2n) is 3.56. The molecule has 0 aromatic rings. The van der Waals surface area contributed by atoms with Crippen LogP contribution in [0.1, 0.15) is 26.7 Å². The molecule has 1 rings (SSSR count). The lowest BCUT2D eigenvalue weighted by atomic mass is 10.3. The number of rotatable bonds is 2. The van der Waals surface area contributed by atoms with Crippen LogP contribution in [0.25, 0.3) is 0 Å². The first-order valence-electron chi connectivity index (χ1n) is 4.48. The van der Waals surface area contributed by atoms with Gasteiger partial charge < -0.3 is 10.6 Å². The largest absolute Gasteiger partial charge is 0.370 e. The van der Waals surface area contributed by atoms with Gasteiger partial charge in [0.15, 0.2) is 5.96 Å². The lowest BCUT2D eigenvalue weighted by Gasteiger charge is -2.27. The fourth-order valence-corrected chi connectivity index (χ4v) is 1.61. The third kappa shape index (κ3) is 2.11. The molecule has 1 fully saturated rings. The Morgan fingerprint density at radius 1 is 1.67 bits per heavy atom. The average Bonchev–Trinajstić information content (AvgIpc) is 2.33. The molecule has 0 radical (unpaired) electrons. The molecule has 0 saturated carbocycles. The highest BCUT2D eigenvalue weighted by atomic mass is 15.3. The van der Waals surface area contributed by atoms with E-state index in [1.807, 2.05) is 4.90 Å². The molecule has 4 heteroatoms. The second kappa shape index (κ2) is 3.76. The van der Waals surface area contributed by atoms with Crippen molar-refractivity contribution in [3.05, 3.63) is 0 Å². The van der Waals surface area contributed by atoms with Crippen LogP contribution in [0.2, 0.25) is 0 Å². The maximum atomic E-state index is 7.33. The van der Waals surface area contributed by atoms with Gasteiger partial charge in [0.05, 0.1) is 6.17 Å². The molecule has 70 valence electrons. The van der Waals surface area contributed by atoms with Crippen LogP contribution in [0.5, 0.6) is 0 Å². The Bertz CT molecular complexity index is 166. The Hall–Kier alpha value is -0.770. The highest BCUT2D eigenvalue weighted by Gasteiger charge is 2.25. The topological polar surface area (TPSA) is 65.1 Å². The molecule has 0 spiro atoms. The molecule has 1 saturated heterocycles. The van der Waals surface area contributed by atoms with Gasteiger partial charge in [-0.2, -0.15) is 0 Å². The molecule has 0 aromatic heterocycles. The molecule has 4 N–H and O–H groups in total. The molecule has 0 aromatic carbocycles. The first kappa shape index (κ1) is 9.32. The third-order valence-corrected chi connectivity index (χ3v) is 2.09. The summed E-state index contributed by atoms with van der Waals surface area (Å²) in [6, 6.07) is 0.454. The van der Waals surface area contributed by atoms with E-state index in [1.165, 1.54) is 0 Å². The Labute approximate surface area is 73.6 Å². The summed E-state index contributed by atoms with van der Waals surface area (Å²) >= 11 is 0. The molecule has 0 amide bonds. The number of hydrogen-bond donors (Lipinski definition) is 3. The number of hydrogen-bond acceptors (Lipinski definition) is 2. The minimum absolute atomic E-state index is 0.186. The fraction of sp³-hybridized carbons (Fsp3) is 0.875. The zero-order valence-corrected chi connectivity index (χ0v) is 7.80. The van der Waals surface area contributed by atoms with E-state index in [0.29, 0.717) is 6.04 Å². The van der Waals surface area contributed by atoms with Gasteiger partial charge in [-0.05, 0) is 26.7 Å². The summed E-state index contributed by atoms with van der Waals surface area (Å²) in [5.41, 5.74) is 5.43. The fourth-order valence-electron chi connectivity index (χ4n) is 1.61. The number of nitrogens with two attached hydrogens (primary N) is 1. The average molecular weight is 170 g/mol. The smallest absolute Gasteiger partial charge is 0.189 e. The summed E-state index contributed by atoms with van der Waals surface area (Å²) in [6.07, 6.45) is 2.50. The SMILES string of the molecule is CC(C)NC1CCCN1C(=N)N. The van der Waals surface area contributed by atoms with Crippen LogP contribution < -0.4 is 11.1 Å². The van der Waals surface area contributed by atoms with E-state index in [1.54, 1.807) is 0 Å². The van der Waals surface area contributed by atoms with E-state index < -0.39 is 0 Å². The van der Waals surface area contributed by atoms with Crippen LogP contribution >= 0.6 is 0 Å². The van der Waals surface area contributed by atoms with Crippen LogP contribution in [0, 0.1) is 5.41 Å². The van der Waals surface area contributed by atoms with Crippen LogP contribution in [0.15, 0.2) is 0 Å².